The number of aryl methyl sites for hydroxylation is 2. The Morgan fingerprint density at radius 1 is 1.08 bits per heavy atom. The molecule has 0 aromatic heterocycles. The molecule has 6 heteroatoms. The third kappa shape index (κ3) is 9.10. The Kier molecular flexibility index (Phi) is 7.90. The summed E-state index contributed by atoms with van der Waals surface area (Å²) in [6.45, 7) is 14.4. The van der Waals surface area contributed by atoms with Gasteiger partial charge in [0.15, 0.2) is 0 Å². The highest BCUT2D eigenvalue weighted by atomic mass is 16.6. The Morgan fingerprint density at radius 3 is 2.04 bits per heavy atom. The normalized spacial score (nSPS) is 14.2. The molecule has 1 aliphatic rings. The van der Waals surface area contributed by atoms with Gasteiger partial charge in [0.05, 0.1) is 0 Å². The number of nitrogens with zero attached hydrogens (tertiary/aromatic N) is 1. The van der Waals surface area contributed by atoms with Gasteiger partial charge in [-0.1, -0.05) is 6.07 Å². The van der Waals surface area contributed by atoms with Crippen molar-refractivity contribution in [1.82, 2.24) is 10.2 Å². The second-order valence-electron chi connectivity index (χ2n) is 7.27. The molecule has 25 heavy (non-hydrogen) atoms. The van der Waals surface area contributed by atoms with Crippen LogP contribution in [0.5, 0.6) is 0 Å². The maximum Gasteiger partial charge on any atom is 0.410 e. The molecule has 0 bridgehead atoms. The average Bonchev–Trinajstić information content (AvgIpc) is 2.45. The molecule has 1 heterocycles. The Morgan fingerprint density at radius 2 is 1.60 bits per heavy atom. The zero-order valence-corrected chi connectivity index (χ0v) is 16.2. The minimum absolute atomic E-state index is 0.0278. The lowest BCUT2D eigenvalue weighted by atomic mass is 10.1. The first kappa shape index (κ1) is 21.0. The fourth-order valence-electron chi connectivity index (χ4n) is 2.42. The van der Waals surface area contributed by atoms with Crippen molar-refractivity contribution in [1.29, 1.82) is 0 Å². The van der Waals surface area contributed by atoms with Crippen molar-refractivity contribution < 1.29 is 14.3 Å². The summed E-state index contributed by atoms with van der Waals surface area (Å²) in [7, 11) is 0. The van der Waals surface area contributed by atoms with Gasteiger partial charge >= 0.3 is 6.09 Å². The molecule has 140 valence electrons. The topological polar surface area (TPSA) is 70.7 Å². The molecule has 2 amide bonds. The summed E-state index contributed by atoms with van der Waals surface area (Å²) >= 11 is 0. The van der Waals surface area contributed by atoms with E-state index in [1.165, 1.54) is 18.1 Å². The van der Waals surface area contributed by atoms with E-state index >= 15 is 0 Å². The molecule has 1 aromatic carbocycles. The van der Waals surface area contributed by atoms with Crippen LogP contribution in [0, 0.1) is 13.8 Å². The van der Waals surface area contributed by atoms with Gasteiger partial charge in [-0.05, 0) is 57.9 Å². The van der Waals surface area contributed by atoms with Crippen molar-refractivity contribution in [3.8, 4) is 0 Å². The van der Waals surface area contributed by atoms with Crippen molar-refractivity contribution in [2.45, 2.75) is 47.1 Å². The summed E-state index contributed by atoms with van der Waals surface area (Å²) in [4.78, 5) is 24.0. The SMILES string of the molecule is CC(=O)Nc1cc(C)cc(C)c1.CC(C)(C)OC(=O)N1CCNCC1. The Labute approximate surface area is 150 Å². The van der Waals surface area contributed by atoms with E-state index in [9.17, 15) is 9.59 Å². The van der Waals surface area contributed by atoms with E-state index in [4.69, 9.17) is 4.74 Å². The van der Waals surface area contributed by atoms with Crippen LogP contribution in [0.1, 0.15) is 38.8 Å². The van der Waals surface area contributed by atoms with Gasteiger partial charge in [-0.15, -0.1) is 0 Å². The maximum atomic E-state index is 11.5. The first-order chi connectivity index (χ1) is 11.6. The van der Waals surface area contributed by atoms with Gasteiger partial charge in [-0.2, -0.15) is 0 Å². The molecule has 1 saturated heterocycles. The molecule has 1 aliphatic heterocycles. The average molecular weight is 349 g/mol. The van der Waals surface area contributed by atoms with E-state index in [0.717, 1.165) is 31.9 Å². The molecule has 1 aromatic rings. The van der Waals surface area contributed by atoms with E-state index in [1.54, 1.807) is 4.90 Å². The number of piperazine rings is 1. The van der Waals surface area contributed by atoms with Crippen molar-refractivity contribution >= 4 is 17.7 Å². The molecule has 0 unspecified atom stereocenters. The predicted molar refractivity (Wildman–Crippen MR) is 101 cm³/mol. The second kappa shape index (κ2) is 9.42. The monoisotopic (exact) mass is 349 g/mol. The Balaban J connectivity index is 0.000000251. The summed E-state index contributed by atoms with van der Waals surface area (Å²) in [6, 6.07) is 5.98. The number of amides is 2. The molecule has 1 fully saturated rings. The molecular weight excluding hydrogens is 318 g/mol. The third-order valence-corrected chi connectivity index (χ3v) is 3.31. The Hall–Kier alpha value is -2.08. The fourth-order valence-corrected chi connectivity index (χ4v) is 2.42. The number of hydrogen-bond donors (Lipinski definition) is 2. The number of ether oxygens (including phenoxy) is 1. The zero-order valence-electron chi connectivity index (χ0n) is 16.2. The van der Waals surface area contributed by atoms with Gasteiger partial charge in [0, 0.05) is 38.8 Å². The van der Waals surface area contributed by atoms with Gasteiger partial charge in [0.1, 0.15) is 5.60 Å². The van der Waals surface area contributed by atoms with E-state index < -0.39 is 0 Å². The smallest absolute Gasteiger partial charge is 0.410 e. The van der Waals surface area contributed by atoms with Crippen molar-refractivity contribution in [3.63, 3.8) is 0 Å². The summed E-state index contributed by atoms with van der Waals surface area (Å²) in [5, 5.41) is 5.93. The zero-order chi connectivity index (χ0) is 19.0. The van der Waals surface area contributed by atoms with Crippen LogP contribution in [-0.2, 0) is 9.53 Å². The minimum atomic E-state index is -0.387. The number of nitrogens with one attached hydrogen (secondary N) is 2. The summed E-state index contributed by atoms with van der Waals surface area (Å²) < 4.78 is 5.24. The summed E-state index contributed by atoms with van der Waals surface area (Å²) in [6.07, 6.45) is -0.200. The quantitative estimate of drug-likeness (QED) is 0.817. The van der Waals surface area contributed by atoms with E-state index in [1.807, 2.05) is 46.8 Å². The van der Waals surface area contributed by atoms with Gasteiger partial charge in [-0.25, -0.2) is 4.79 Å². The highest BCUT2D eigenvalue weighted by Gasteiger charge is 2.22. The highest BCUT2D eigenvalue weighted by molar-refractivity contribution is 5.88. The number of anilines is 1. The minimum Gasteiger partial charge on any atom is -0.444 e. The standard InChI is InChI=1S/C10H13NO.C9H18N2O2/c1-7-4-8(2)6-10(5-7)11-9(3)12;1-9(2,3)13-8(12)11-6-4-10-5-7-11/h4-6H,1-3H3,(H,11,12);10H,4-7H2,1-3H3. The molecule has 0 saturated carbocycles. The van der Waals surface area contributed by atoms with Crippen LogP contribution in [0.2, 0.25) is 0 Å². The van der Waals surface area contributed by atoms with Crippen molar-refractivity contribution in [2.75, 3.05) is 31.5 Å². The van der Waals surface area contributed by atoms with Gasteiger partial charge in [0.25, 0.3) is 0 Å². The van der Waals surface area contributed by atoms with Gasteiger partial charge in [0.2, 0.25) is 5.91 Å². The molecule has 2 rings (SSSR count). The van der Waals surface area contributed by atoms with Crippen LogP contribution < -0.4 is 10.6 Å². The van der Waals surface area contributed by atoms with E-state index in [-0.39, 0.29) is 17.6 Å². The summed E-state index contributed by atoms with van der Waals surface area (Å²) in [5.41, 5.74) is 2.82. The molecule has 6 nitrogen and oxygen atoms in total. The number of benzene rings is 1. The number of carbonyl (C=O) groups excluding carboxylic acids is 2. The third-order valence-electron chi connectivity index (χ3n) is 3.31. The number of carbonyl (C=O) groups is 2. The maximum absolute atomic E-state index is 11.5. The van der Waals surface area contributed by atoms with Crippen molar-refractivity contribution in [3.05, 3.63) is 29.3 Å². The molecular formula is C19H31N3O3. The molecule has 0 spiro atoms. The highest BCUT2D eigenvalue weighted by Crippen LogP contribution is 2.13. The van der Waals surface area contributed by atoms with Crippen LogP contribution in [0.15, 0.2) is 18.2 Å². The fraction of sp³-hybridized carbons (Fsp3) is 0.579. The predicted octanol–water partition coefficient (Wildman–Crippen LogP) is 3.09. The first-order valence-corrected chi connectivity index (χ1v) is 8.61. The Bertz CT molecular complexity index is 568. The van der Waals surface area contributed by atoms with Gasteiger partial charge < -0.3 is 20.3 Å². The van der Waals surface area contributed by atoms with Crippen LogP contribution in [-0.4, -0.2) is 48.7 Å². The number of rotatable bonds is 1. The largest absolute Gasteiger partial charge is 0.444 e. The molecule has 0 aliphatic carbocycles. The lowest BCUT2D eigenvalue weighted by Crippen LogP contribution is -2.48. The summed E-state index contributed by atoms with van der Waals surface area (Å²) in [5.74, 6) is -0.0278. The first-order valence-electron chi connectivity index (χ1n) is 8.61. The van der Waals surface area contributed by atoms with E-state index in [2.05, 4.69) is 16.7 Å². The van der Waals surface area contributed by atoms with Crippen LogP contribution in [0.4, 0.5) is 10.5 Å². The molecule has 0 atom stereocenters. The molecule has 2 N–H and O–H groups in total. The number of hydrogen-bond acceptors (Lipinski definition) is 4. The van der Waals surface area contributed by atoms with Crippen LogP contribution in [0.25, 0.3) is 0 Å². The second-order valence-corrected chi connectivity index (χ2v) is 7.27. The van der Waals surface area contributed by atoms with Crippen LogP contribution in [0.3, 0.4) is 0 Å². The van der Waals surface area contributed by atoms with E-state index in [0.29, 0.717) is 0 Å². The van der Waals surface area contributed by atoms with Crippen LogP contribution >= 0.6 is 0 Å². The molecule has 0 radical (unpaired) electrons. The van der Waals surface area contributed by atoms with Gasteiger partial charge in [-0.3, -0.25) is 4.79 Å². The lowest BCUT2D eigenvalue weighted by molar-refractivity contribution is -0.114. The van der Waals surface area contributed by atoms with Crippen molar-refractivity contribution in [2.24, 2.45) is 0 Å². The lowest BCUT2D eigenvalue weighted by Gasteiger charge is -2.30.